The van der Waals surface area contributed by atoms with Crippen LogP contribution in [0.4, 0.5) is 0 Å². The molecule has 0 bridgehead atoms. The summed E-state index contributed by atoms with van der Waals surface area (Å²) in [7, 11) is 0. The molecule has 0 saturated carbocycles. The van der Waals surface area contributed by atoms with E-state index in [2.05, 4.69) is 95.9 Å². The van der Waals surface area contributed by atoms with Gasteiger partial charge in [0.1, 0.15) is 0 Å². The van der Waals surface area contributed by atoms with Gasteiger partial charge in [0.2, 0.25) is 11.4 Å². The molecule has 0 atom stereocenters. The zero-order valence-corrected chi connectivity index (χ0v) is 18.3. The Kier molecular flexibility index (Phi) is 4.61. The lowest BCUT2D eigenvalue weighted by Gasteiger charge is -2.46. The number of hydrogen-bond acceptors (Lipinski definition) is 0. The van der Waals surface area contributed by atoms with Crippen LogP contribution in [-0.2, 0) is 10.8 Å². The van der Waals surface area contributed by atoms with Gasteiger partial charge < -0.3 is 0 Å². The van der Waals surface area contributed by atoms with Crippen molar-refractivity contribution < 1.29 is 4.68 Å². The Hall–Kier alpha value is -1.57. The number of aromatic nitrogens is 2. The molecule has 0 fully saturated rings. The van der Waals surface area contributed by atoms with E-state index in [9.17, 15) is 0 Å². The first kappa shape index (κ1) is 19.2. The average molecular weight is 354 g/mol. The summed E-state index contributed by atoms with van der Waals surface area (Å²) < 4.78 is 5.10. The average Bonchev–Trinajstić information content (AvgIpc) is 2.92. The highest BCUT2D eigenvalue weighted by Crippen LogP contribution is 2.52. The summed E-state index contributed by atoms with van der Waals surface area (Å²) in [5.41, 5.74) is 7.52. The Balaban J connectivity index is 2.54. The summed E-state index contributed by atoms with van der Waals surface area (Å²) in [6, 6.07) is 9.88. The van der Waals surface area contributed by atoms with Crippen molar-refractivity contribution in [1.82, 2.24) is 4.68 Å². The number of para-hydroxylation sites is 1. The Bertz CT molecular complexity index is 817. The molecule has 1 aromatic heterocycles. The van der Waals surface area contributed by atoms with Gasteiger partial charge in [-0.05, 0) is 39.5 Å². The van der Waals surface area contributed by atoms with E-state index in [1.165, 1.54) is 28.2 Å². The monoisotopic (exact) mass is 353 g/mol. The van der Waals surface area contributed by atoms with Crippen molar-refractivity contribution in [3.63, 3.8) is 0 Å². The van der Waals surface area contributed by atoms with E-state index in [1.807, 2.05) is 0 Å². The summed E-state index contributed by atoms with van der Waals surface area (Å²) in [4.78, 5) is 0. The number of aryl methyl sites for hydroxylation is 1. The molecule has 26 heavy (non-hydrogen) atoms. The van der Waals surface area contributed by atoms with E-state index in [1.54, 1.807) is 0 Å². The maximum Gasteiger partial charge on any atom is 0.243 e. The topological polar surface area (TPSA) is 8.81 Å². The van der Waals surface area contributed by atoms with Crippen molar-refractivity contribution in [1.29, 1.82) is 0 Å². The maximum absolute atomic E-state index is 2.59. The molecule has 0 N–H and O–H groups in total. The molecule has 0 spiro atoms. The lowest BCUT2D eigenvalue weighted by molar-refractivity contribution is -0.703. The molecule has 1 aliphatic heterocycles. The molecule has 0 radical (unpaired) electrons. The molecule has 2 heterocycles. The molecule has 0 amide bonds. The third-order valence-corrected chi connectivity index (χ3v) is 7.11. The van der Waals surface area contributed by atoms with Gasteiger partial charge in [-0.1, -0.05) is 64.4 Å². The van der Waals surface area contributed by atoms with E-state index in [0.29, 0.717) is 12.0 Å². The summed E-state index contributed by atoms with van der Waals surface area (Å²) in [6.45, 7) is 21.2. The molecule has 2 nitrogen and oxygen atoms in total. The molecule has 0 unspecified atom stereocenters. The second-order valence-electron chi connectivity index (χ2n) is 9.23. The molecule has 2 heteroatoms. The summed E-state index contributed by atoms with van der Waals surface area (Å²) in [6.07, 6.45) is 2.31. The number of benzene rings is 1. The SMILES string of the molecule is CCC1(CC)c2cc(C)n(C(C)C)[n+]2-c2c(C(C)C)cccc2C1(C)C. The van der Waals surface area contributed by atoms with Gasteiger partial charge in [0.25, 0.3) is 0 Å². The van der Waals surface area contributed by atoms with Gasteiger partial charge in [0.05, 0.1) is 17.2 Å². The molecular weight excluding hydrogens is 316 g/mol. The maximum atomic E-state index is 2.59. The van der Waals surface area contributed by atoms with Gasteiger partial charge in [0.15, 0.2) is 0 Å². The summed E-state index contributed by atoms with van der Waals surface area (Å²) >= 11 is 0. The molecule has 2 aromatic rings. The van der Waals surface area contributed by atoms with Crippen LogP contribution in [-0.4, -0.2) is 4.68 Å². The fourth-order valence-corrected chi connectivity index (χ4v) is 5.65. The third kappa shape index (κ3) is 2.27. The van der Waals surface area contributed by atoms with Gasteiger partial charge in [-0.15, -0.1) is 4.68 Å². The van der Waals surface area contributed by atoms with Crippen molar-refractivity contribution in [2.45, 2.75) is 97.9 Å². The quantitative estimate of drug-likeness (QED) is 0.585. The zero-order chi connectivity index (χ0) is 19.4. The molecular formula is C24H37N2+. The second-order valence-corrected chi connectivity index (χ2v) is 9.23. The van der Waals surface area contributed by atoms with E-state index in [4.69, 9.17) is 0 Å². The van der Waals surface area contributed by atoms with Crippen molar-refractivity contribution in [2.75, 3.05) is 0 Å². The van der Waals surface area contributed by atoms with Crippen molar-refractivity contribution in [2.24, 2.45) is 0 Å². The number of fused-ring (bicyclic) bond motifs is 3. The minimum absolute atomic E-state index is 0.104. The Morgan fingerprint density at radius 3 is 2.15 bits per heavy atom. The zero-order valence-electron chi connectivity index (χ0n) is 18.3. The number of nitrogens with zero attached hydrogens (tertiary/aromatic N) is 2. The molecule has 3 rings (SSSR count). The minimum atomic E-state index is 0.104. The van der Waals surface area contributed by atoms with Crippen LogP contribution in [0.2, 0.25) is 0 Å². The van der Waals surface area contributed by atoms with Gasteiger partial charge in [0, 0.05) is 22.6 Å². The summed E-state index contributed by atoms with van der Waals surface area (Å²) in [5, 5.41) is 0. The Morgan fingerprint density at radius 1 is 1.04 bits per heavy atom. The Morgan fingerprint density at radius 2 is 1.65 bits per heavy atom. The fraction of sp³-hybridized carbons (Fsp3) is 0.625. The van der Waals surface area contributed by atoms with Gasteiger partial charge >= 0.3 is 0 Å². The van der Waals surface area contributed by atoms with Crippen LogP contribution < -0.4 is 4.68 Å². The van der Waals surface area contributed by atoms with Gasteiger partial charge in [-0.25, -0.2) is 0 Å². The number of rotatable bonds is 4. The molecule has 142 valence electrons. The highest BCUT2D eigenvalue weighted by molar-refractivity contribution is 5.52. The fourth-order valence-electron chi connectivity index (χ4n) is 5.65. The minimum Gasteiger partial charge on any atom is -0.150 e. The lowest BCUT2D eigenvalue weighted by Crippen LogP contribution is -2.61. The smallest absolute Gasteiger partial charge is 0.150 e. The summed E-state index contributed by atoms with van der Waals surface area (Å²) in [5.74, 6) is 0.507. The highest BCUT2D eigenvalue weighted by atomic mass is 15.4. The van der Waals surface area contributed by atoms with Crippen molar-refractivity contribution in [3.8, 4) is 5.69 Å². The van der Waals surface area contributed by atoms with E-state index in [0.717, 1.165) is 12.8 Å². The molecule has 0 saturated heterocycles. The van der Waals surface area contributed by atoms with E-state index in [-0.39, 0.29) is 10.8 Å². The van der Waals surface area contributed by atoms with Crippen LogP contribution in [0.25, 0.3) is 5.69 Å². The van der Waals surface area contributed by atoms with Crippen LogP contribution in [0.3, 0.4) is 0 Å². The second kappa shape index (κ2) is 6.25. The van der Waals surface area contributed by atoms with Crippen LogP contribution in [0, 0.1) is 6.92 Å². The van der Waals surface area contributed by atoms with Crippen LogP contribution in [0.1, 0.15) is 103 Å². The first-order valence-corrected chi connectivity index (χ1v) is 10.4. The lowest BCUT2D eigenvalue weighted by atomic mass is 9.55. The predicted molar refractivity (Wildman–Crippen MR) is 110 cm³/mol. The van der Waals surface area contributed by atoms with Crippen LogP contribution >= 0.6 is 0 Å². The van der Waals surface area contributed by atoms with Crippen LogP contribution in [0.15, 0.2) is 24.3 Å². The first-order valence-electron chi connectivity index (χ1n) is 10.4. The third-order valence-electron chi connectivity index (χ3n) is 7.11. The van der Waals surface area contributed by atoms with Gasteiger partial charge in [-0.3, -0.25) is 0 Å². The number of hydrogen-bond donors (Lipinski definition) is 0. The predicted octanol–water partition coefficient (Wildman–Crippen LogP) is 6.13. The highest BCUT2D eigenvalue weighted by Gasteiger charge is 2.57. The standard InChI is InChI=1S/C24H37N2/c1-10-24(11-2)21-15-18(7)25(17(5)6)26(21)22-19(16(3)4)13-12-14-20(22)23(24,8)9/h12-17H,10-11H2,1-9H3/q+1. The molecule has 1 aliphatic rings. The molecule has 0 aliphatic carbocycles. The van der Waals surface area contributed by atoms with Crippen molar-refractivity contribution in [3.05, 3.63) is 46.8 Å². The van der Waals surface area contributed by atoms with Gasteiger partial charge in [-0.2, -0.15) is 0 Å². The normalized spacial score (nSPS) is 17.5. The van der Waals surface area contributed by atoms with E-state index >= 15 is 0 Å². The van der Waals surface area contributed by atoms with E-state index < -0.39 is 0 Å². The largest absolute Gasteiger partial charge is 0.243 e. The Labute approximate surface area is 160 Å². The molecule has 1 aromatic carbocycles. The van der Waals surface area contributed by atoms with Crippen molar-refractivity contribution >= 4 is 0 Å². The first-order chi connectivity index (χ1) is 12.1. The van der Waals surface area contributed by atoms with Crippen LogP contribution in [0.5, 0.6) is 0 Å².